The van der Waals surface area contributed by atoms with Crippen LogP contribution in [0.5, 0.6) is 0 Å². The van der Waals surface area contributed by atoms with E-state index in [1.165, 1.54) is 49.0 Å². The number of benzene rings is 2. The summed E-state index contributed by atoms with van der Waals surface area (Å²) in [7, 11) is 0. The number of nitrogens with zero attached hydrogens (tertiary/aromatic N) is 1. The molecule has 1 saturated heterocycles. The van der Waals surface area contributed by atoms with Crippen molar-refractivity contribution in [1.82, 2.24) is 4.90 Å². The molecule has 0 spiro atoms. The van der Waals surface area contributed by atoms with Gasteiger partial charge in [0.1, 0.15) is 6.10 Å². The van der Waals surface area contributed by atoms with Crippen LogP contribution in [-0.4, -0.2) is 31.1 Å². The highest BCUT2D eigenvalue weighted by Crippen LogP contribution is 2.28. The first kappa shape index (κ1) is 16.2. The Morgan fingerprint density at radius 2 is 1.61 bits per heavy atom. The van der Waals surface area contributed by atoms with Crippen LogP contribution in [0.3, 0.4) is 0 Å². The van der Waals surface area contributed by atoms with Crippen molar-refractivity contribution >= 4 is 0 Å². The third kappa shape index (κ3) is 4.43. The van der Waals surface area contributed by atoms with Gasteiger partial charge in [0.15, 0.2) is 0 Å². The van der Waals surface area contributed by atoms with Gasteiger partial charge >= 0.3 is 0 Å². The molecule has 2 nitrogen and oxygen atoms in total. The second-order valence-electron chi connectivity index (χ2n) is 6.42. The summed E-state index contributed by atoms with van der Waals surface area (Å²) >= 11 is 0. The summed E-state index contributed by atoms with van der Waals surface area (Å²) in [6.07, 6.45) is 4.08. The molecule has 1 atom stereocenters. The fraction of sp³-hybridized carbons (Fsp3) is 0.429. The van der Waals surface area contributed by atoms with Crippen molar-refractivity contribution < 1.29 is 4.74 Å². The zero-order valence-electron chi connectivity index (χ0n) is 14.1. The van der Waals surface area contributed by atoms with Gasteiger partial charge in [0.2, 0.25) is 0 Å². The molecule has 3 rings (SSSR count). The molecule has 0 N–H and O–H groups in total. The third-order valence-corrected chi connectivity index (χ3v) is 4.71. The van der Waals surface area contributed by atoms with E-state index >= 15 is 0 Å². The maximum absolute atomic E-state index is 6.36. The van der Waals surface area contributed by atoms with Gasteiger partial charge < -0.3 is 9.64 Å². The van der Waals surface area contributed by atoms with E-state index in [0.29, 0.717) is 0 Å². The fourth-order valence-corrected chi connectivity index (χ4v) is 3.36. The Labute approximate surface area is 140 Å². The smallest absolute Gasteiger partial charge is 0.108 e. The summed E-state index contributed by atoms with van der Waals surface area (Å²) in [5.74, 6) is 0. The number of hydrogen-bond donors (Lipinski definition) is 0. The second kappa shape index (κ2) is 8.28. The average Bonchev–Trinajstić information content (AvgIpc) is 2.61. The summed E-state index contributed by atoms with van der Waals surface area (Å²) in [5, 5.41) is 0. The predicted octanol–water partition coefficient (Wildman–Crippen LogP) is 4.59. The SMILES string of the molecule is Cc1ccccc1C(OCCN1CCCCC1)c1ccccc1. The van der Waals surface area contributed by atoms with Crippen molar-refractivity contribution in [2.45, 2.75) is 32.3 Å². The molecule has 23 heavy (non-hydrogen) atoms. The number of rotatable bonds is 6. The lowest BCUT2D eigenvalue weighted by atomic mass is 9.97. The van der Waals surface area contributed by atoms with Crippen molar-refractivity contribution in [3.05, 3.63) is 71.3 Å². The molecule has 1 aliphatic rings. The van der Waals surface area contributed by atoms with Gasteiger partial charge in [-0.05, 0) is 49.5 Å². The van der Waals surface area contributed by atoms with Crippen LogP contribution >= 0.6 is 0 Å². The Morgan fingerprint density at radius 1 is 0.913 bits per heavy atom. The van der Waals surface area contributed by atoms with Crippen molar-refractivity contribution in [2.24, 2.45) is 0 Å². The minimum absolute atomic E-state index is 0.0298. The van der Waals surface area contributed by atoms with Crippen molar-refractivity contribution in [3.63, 3.8) is 0 Å². The molecule has 0 aromatic heterocycles. The van der Waals surface area contributed by atoms with Crippen LogP contribution in [0.25, 0.3) is 0 Å². The maximum Gasteiger partial charge on any atom is 0.108 e. The molecule has 0 bridgehead atoms. The van der Waals surface area contributed by atoms with Gasteiger partial charge in [-0.2, -0.15) is 0 Å². The molecule has 2 aromatic carbocycles. The largest absolute Gasteiger partial charge is 0.367 e. The summed E-state index contributed by atoms with van der Waals surface area (Å²) in [4.78, 5) is 2.53. The molecule has 2 heteroatoms. The molecule has 0 aliphatic carbocycles. The number of piperidine rings is 1. The van der Waals surface area contributed by atoms with Crippen molar-refractivity contribution in [2.75, 3.05) is 26.2 Å². The Kier molecular flexibility index (Phi) is 5.84. The molecule has 0 amide bonds. The van der Waals surface area contributed by atoms with E-state index in [0.717, 1.165) is 13.2 Å². The standard InChI is InChI=1S/C21H27NO/c1-18-10-6-7-13-20(18)21(19-11-4-2-5-12-19)23-17-16-22-14-8-3-9-15-22/h2,4-7,10-13,21H,3,8-9,14-17H2,1H3. The molecule has 1 aliphatic heterocycles. The van der Waals surface area contributed by atoms with Crippen LogP contribution in [-0.2, 0) is 4.74 Å². The van der Waals surface area contributed by atoms with E-state index in [1.54, 1.807) is 0 Å². The molecular weight excluding hydrogens is 282 g/mol. The third-order valence-electron chi connectivity index (χ3n) is 4.71. The quantitative estimate of drug-likeness (QED) is 0.774. The molecular formula is C21H27NO. The highest BCUT2D eigenvalue weighted by Gasteiger charge is 2.17. The van der Waals surface area contributed by atoms with Gasteiger partial charge in [0.05, 0.1) is 6.61 Å². The molecule has 0 saturated carbocycles. The highest BCUT2D eigenvalue weighted by atomic mass is 16.5. The normalized spacial score (nSPS) is 17.1. The van der Waals surface area contributed by atoms with Crippen LogP contribution in [0.15, 0.2) is 54.6 Å². The number of hydrogen-bond acceptors (Lipinski definition) is 2. The van der Waals surface area contributed by atoms with Gasteiger partial charge in [-0.15, -0.1) is 0 Å². The lowest BCUT2D eigenvalue weighted by molar-refractivity contribution is 0.0554. The zero-order chi connectivity index (χ0) is 15.9. The monoisotopic (exact) mass is 309 g/mol. The number of likely N-dealkylation sites (tertiary alicyclic amines) is 1. The van der Waals surface area contributed by atoms with E-state index in [2.05, 4.69) is 66.4 Å². The number of aryl methyl sites for hydroxylation is 1. The van der Waals surface area contributed by atoms with Crippen LogP contribution in [0.2, 0.25) is 0 Å². The van der Waals surface area contributed by atoms with E-state index < -0.39 is 0 Å². The first-order chi connectivity index (χ1) is 11.3. The van der Waals surface area contributed by atoms with Crippen LogP contribution in [0, 0.1) is 6.92 Å². The van der Waals surface area contributed by atoms with Gasteiger partial charge in [0, 0.05) is 6.54 Å². The predicted molar refractivity (Wildman–Crippen MR) is 95.7 cm³/mol. The molecule has 122 valence electrons. The minimum Gasteiger partial charge on any atom is -0.367 e. The second-order valence-corrected chi connectivity index (χ2v) is 6.42. The van der Waals surface area contributed by atoms with Gasteiger partial charge in [-0.1, -0.05) is 61.0 Å². The summed E-state index contributed by atoms with van der Waals surface area (Å²) < 4.78 is 6.36. The lowest BCUT2D eigenvalue weighted by Gasteiger charge is -2.28. The fourth-order valence-electron chi connectivity index (χ4n) is 3.36. The Balaban J connectivity index is 1.69. The average molecular weight is 309 g/mol. The van der Waals surface area contributed by atoms with E-state index in [1.807, 2.05) is 0 Å². The lowest BCUT2D eigenvalue weighted by Crippen LogP contribution is -2.33. The molecule has 1 heterocycles. The number of ether oxygens (including phenoxy) is 1. The first-order valence-electron chi connectivity index (χ1n) is 8.79. The zero-order valence-corrected chi connectivity index (χ0v) is 14.1. The van der Waals surface area contributed by atoms with Crippen molar-refractivity contribution in [1.29, 1.82) is 0 Å². The van der Waals surface area contributed by atoms with Gasteiger partial charge in [-0.25, -0.2) is 0 Å². The van der Waals surface area contributed by atoms with Gasteiger partial charge in [0.25, 0.3) is 0 Å². The molecule has 1 unspecified atom stereocenters. The minimum atomic E-state index is 0.0298. The summed E-state index contributed by atoms with van der Waals surface area (Å²) in [5.41, 5.74) is 3.80. The van der Waals surface area contributed by atoms with Crippen LogP contribution < -0.4 is 0 Å². The topological polar surface area (TPSA) is 12.5 Å². The Bertz CT molecular complexity index is 590. The molecule has 2 aromatic rings. The van der Waals surface area contributed by atoms with E-state index in [9.17, 15) is 0 Å². The maximum atomic E-state index is 6.36. The molecule has 0 radical (unpaired) electrons. The Morgan fingerprint density at radius 3 is 2.35 bits per heavy atom. The first-order valence-corrected chi connectivity index (χ1v) is 8.79. The molecule has 1 fully saturated rings. The van der Waals surface area contributed by atoms with E-state index in [-0.39, 0.29) is 6.10 Å². The van der Waals surface area contributed by atoms with E-state index in [4.69, 9.17) is 4.74 Å². The summed E-state index contributed by atoms with van der Waals surface area (Å²) in [6, 6.07) is 19.1. The van der Waals surface area contributed by atoms with Crippen LogP contribution in [0.1, 0.15) is 42.1 Å². The highest BCUT2D eigenvalue weighted by molar-refractivity contribution is 5.35. The van der Waals surface area contributed by atoms with Crippen molar-refractivity contribution in [3.8, 4) is 0 Å². The van der Waals surface area contributed by atoms with Crippen LogP contribution in [0.4, 0.5) is 0 Å². The van der Waals surface area contributed by atoms with Gasteiger partial charge in [-0.3, -0.25) is 0 Å². The summed E-state index contributed by atoms with van der Waals surface area (Å²) in [6.45, 7) is 6.44. The Hall–Kier alpha value is -1.64.